The van der Waals surface area contributed by atoms with E-state index in [9.17, 15) is 5.11 Å². The fourth-order valence-corrected chi connectivity index (χ4v) is 4.90. The molecule has 0 aliphatic heterocycles. The summed E-state index contributed by atoms with van der Waals surface area (Å²) in [5.41, 5.74) is 0.0588. The average molecular weight is 215 g/mol. The van der Waals surface area contributed by atoms with Crippen LogP contribution in [0.5, 0.6) is 0 Å². The van der Waals surface area contributed by atoms with Crippen LogP contribution in [0.4, 0.5) is 0 Å². The molecule has 0 spiro atoms. The topological polar surface area (TPSA) is 20.2 Å². The number of rotatable bonds is 1. The van der Waals surface area contributed by atoms with Crippen molar-refractivity contribution in [1.29, 1.82) is 0 Å². The van der Waals surface area contributed by atoms with Gasteiger partial charge in [0.2, 0.25) is 0 Å². The van der Waals surface area contributed by atoms with Gasteiger partial charge in [0, 0.05) is 5.41 Å². The van der Waals surface area contributed by atoms with Crippen LogP contribution in [0.3, 0.4) is 0 Å². The fourth-order valence-electron chi connectivity index (χ4n) is 4.67. The van der Waals surface area contributed by atoms with Crippen molar-refractivity contribution in [3.63, 3.8) is 0 Å². The molecular weight excluding hydrogens is 196 g/mol. The molecule has 1 nitrogen and oxygen atoms in total. The van der Waals surface area contributed by atoms with E-state index in [-0.39, 0.29) is 5.41 Å². The van der Waals surface area contributed by atoms with Gasteiger partial charge in [0.25, 0.3) is 0 Å². The first-order valence-electron chi connectivity index (χ1n) is 5.90. The number of halogens is 1. The van der Waals surface area contributed by atoms with Gasteiger partial charge in [-0.05, 0) is 63.2 Å². The first kappa shape index (κ1) is 9.47. The molecule has 4 aliphatic rings. The number of aliphatic hydroxyl groups is 1. The summed E-state index contributed by atoms with van der Waals surface area (Å²) < 4.78 is 0. The maximum Gasteiger partial charge on any atom is 0.141 e. The maximum absolute atomic E-state index is 10.1. The fraction of sp³-hybridized carbons (Fsp3) is 1.00. The highest BCUT2D eigenvalue weighted by molar-refractivity contribution is 6.23. The Hall–Kier alpha value is 0.250. The molecule has 0 saturated heterocycles. The van der Waals surface area contributed by atoms with E-state index in [1.165, 1.54) is 38.5 Å². The molecule has 4 saturated carbocycles. The Labute approximate surface area is 90.8 Å². The summed E-state index contributed by atoms with van der Waals surface area (Å²) in [6.45, 7) is 1.81. The second kappa shape index (κ2) is 2.68. The molecule has 0 amide bonds. The molecule has 2 heteroatoms. The lowest BCUT2D eigenvalue weighted by Gasteiger charge is -2.60. The molecule has 0 aromatic heterocycles. The third-order valence-electron chi connectivity index (χ3n) is 5.01. The van der Waals surface area contributed by atoms with Crippen molar-refractivity contribution in [3.05, 3.63) is 0 Å². The van der Waals surface area contributed by atoms with Gasteiger partial charge in [-0.25, -0.2) is 0 Å². The highest BCUT2D eigenvalue weighted by Gasteiger charge is 2.57. The van der Waals surface area contributed by atoms with Gasteiger partial charge in [-0.1, -0.05) is 11.6 Å². The second-order valence-electron chi connectivity index (χ2n) is 6.15. The summed E-state index contributed by atoms with van der Waals surface area (Å²) >= 11 is 6.21. The molecule has 80 valence electrons. The smallest absolute Gasteiger partial charge is 0.141 e. The summed E-state index contributed by atoms with van der Waals surface area (Å²) in [6, 6.07) is 0. The average Bonchev–Trinajstić information content (AvgIpc) is 1.98. The molecule has 0 aromatic rings. The number of hydrogen-bond acceptors (Lipinski definition) is 1. The lowest BCUT2D eigenvalue weighted by atomic mass is 9.48. The third-order valence-corrected chi connectivity index (χ3v) is 5.41. The highest BCUT2D eigenvalue weighted by atomic mass is 35.5. The monoisotopic (exact) mass is 214 g/mol. The van der Waals surface area contributed by atoms with Crippen molar-refractivity contribution < 1.29 is 5.11 Å². The zero-order valence-electron chi connectivity index (χ0n) is 8.80. The number of alkyl halides is 1. The van der Waals surface area contributed by atoms with Crippen LogP contribution in [-0.4, -0.2) is 10.2 Å². The van der Waals surface area contributed by atoms with E-state index in [4.69, 9.17) is 11.6 Å². The quantitative estimate of drug-likeness (QED) is 0.665. The van der Waals surface area contributed by atoms with Crippen LogP contribution in [0, 0.1) is 23.2 Å². The van der Waals surface area contributed by atoms with Crippen LogP contribution in [-0.2, 0) is 0 Å². The predicted molar refractivity (Wildman–Crippen MR) is 57.1 cm³/mol. The van der Waals surface area contributed by atoms with Crippen LogP contribution in [0.1, 0.15) is 45.4 Å². The molecule has 4 rings (SSSR count). The van der Waals surface area contributed by atoms with Crippen molar-refractivity contribution in [1.82, 2.24) is 0 Å². The summed E-state index contributed by atoms with van der Waals surface area (Å²) in [7, 11) is 0. The Morgan fingerprint density at radius 2 is 1.43 bits per heavy atom. The Kier molecular flexibility index (Phi) is 1.81. The van der Waals surface area contributed by atoms with Gasteiger partial charge >= 0.3 is 0 Å². The molecular formula is C12H19ClO. The van der Waals surface area contributed by atoms with Gasteiger partial charge in [0.15, 0.2) is 0 Å². The summed E-state index contributed by atoms with van der Waals surface area (Å²) in [4.78, 5) is 0. The maximum atomic E-state index is 10.1. The molecule has 0 radical (unpaired) electrons. The van der Waals surface area contributed by atoms with Crippen LogP contribution >= 0.6 is 11.6 Å². The van der Waals surface area contributed by atoms with E-state index in [2.05, 4.69) is 0 Å². The minimum atomic E-state index is -0.969. The van der Waals surface area contributed by atoms with Crippen LogP contribution in [0.15, 0.2) is 0 Å². The van der Waals surface area contributed by atoms with Crippen LogP contribution in [0.2, 0.25) is 0 Å². The van der Waals surface area contributed by atoms with Gasteiger partial charge in [0.1, 0.15) is 5.06 Å². The Morgan fingerprint density at radius 3 is 1.71 bits per heavy atom. The molecule has 4 fully saturated rings. The van der Waals surface area contributed by atoms with Gasteiger partial charge in [0.05, 0.1) is 0 Å². The van der Waals surface area contributed by atoms with E-state index >= 15 is 0 Å². The van der Waals surface area contributed by atoms with Gasteiger partial charge in [-0.15, -0.1) is 0 Å². The number of hydrogen-bond donors (Lipinski definition) is 1. The van der Waals surface area contributed by atoms with Crippen molar-refractivity contribution in [2.24, 2.45) is 23.2 Å². The SMILES string of the molecule is C[C@@](O)(Cl)C12CC3CC(CC(C3)C1)C2. The lowest BCUT2D eigenvalue weighted by molar-refractivity contribution is -0.132. The minimum Gasteiger partial charge on any atom is -0.375 e. The lowest BCUT2D eigenvalue weighted by Crippen LogP contribution is -2.54. The van der Waals surface area contributed by atoms with Gasteiger partial charge in [-0.3, -0.25) is 0 Å². The van der Waals surface area contributed by atoms with Gasteiger partial charge < -0.3 is 5.11 Å². The van der Waals surface area contributed by atoms with E-state index in [1.807, 2.05) is 6.92 Å². The molecule has 1 atom stereocenters. The summed E-state index contributed by atoms with van der Waals surface area (Å²) in [6.07, 6.45) is 7.76. The van der Waals surface area contributed by atoms with Crippen molar-refractivity contribution in [3.8, 4) is 0 Å². The van der Waals surface area contributed by atoms with Crippen molar-refractivity contribution >= 4 is 11.6 Å². The zero-order chi connectivity index (χ0) is 9.97. The molecule has 4 aliphatic carbocycles. The summed E-state index contributed by atoms with van der Waals surface area (Å²) in [5, 5.41) is 9.18. The van der Waals surface area contributed by atoms with Crippen LogP contribution in [0.25, 0.3) is 0 Å². The van der Waals surface area contributed by atoms with Crippen molar-refractivity contribution in [2.75, 3.05) is 0 Å². The molecule has 0 aromatic carbocycles. The normalized spacial score (nSPS) is 54.6. The van der Waals surface area contributed by atoms with Crippen molar-refractivity contribution in [2.45, 2.75) is 50.5 Å². The highest BCUT2D eigenvalue weighted by Crippen LogP contribution is 2.64. The predicted octanol–water partition coefficient (Wildman–Crippen LogP) is 3.15. The molecule has 14 heavy (non-hydrogen) atoms. The van der Waals surface area contributed by atoms with E-state index in [0.717, 1.165) is 17.8 Å². The van der Waals surface area contributed by atoms with E-state index in [0.29, 0.717) is 0 Å². The zero-order valence-corrected chi connectivity index (χ0v) is 9.56. The second-order valence-corrected chi connectivity index (χ2v) is 6.89. The largest absolute Gasteiger partial charge is 0.375 e. The minimum absolute atomic E-state index is 0.0588. The summed E-state index contributed by atoms with van der Waals surface area (Å²) in [5.74, 6) is 2.60. The molecule has 1 N–H and O–H groups in total. The standard InChI is InChI=1S/C12H19ClO/c1-11(13,14)12-5-8-2-9(6-12)4-10(3-8)7-12/h8-10,14H,2-7H2,1H3/t8?,9?,10?,11-,12?/m0/s1. The molecule has 4 bridgehead atoms. The van der Waals surface area contributed by atoms with E-state index in [1.54, 1.807) is 0 Å². The first-order chi connectivity index (χ1) is 6.48. The molecule has 0 heterocycles. The van der Waals surface area contributed by atoms with E-state index < -0.39 is 5.06 Å². The molecule has 0 unspecified atom stereocenters. The Bertz CT molecular complexity index is 218. The Morgan fingerprint density at radius 1 is 1.07 bits per heavy atom. The third kappa shape index (κ3) is 1.18. The first-order valence-corrected chi connectivity index (χ1v) is 6.28. The van der Waals surface area contributed by atoms with Gasteiger partial charge in [-0.2, -0.15) is 0 Å². The Balaban J connectivity index is 1.95. The van der Waals surface area contributed by atoms with Crippen LogP contribution < -0.4 is 0 Å².